The predicted molar refractivity (Wildman–Crippen MR) is 120 cm³/mol. The number of carbonyl (C=O) groups is 3. The molecule has 8 nitrogen and oxygen atoms in total. The number of hydrogen-bond donors (Lipinski definition) is 2. The summed E-state index contributed by atoms with van der Waals surface area (Å²) in [5.74, 6) is -3.23. The number of Topliss-reactive ketones (excluding diaryl/α,β-unsaturated/α-hetero) is 1. The number of aromatic nitrogens is 2. The molecule has 174 valence electrons. The minimum Gasteiger partial charge on any atom is -0.507 e. The Hall–Kier alpha value is -4.27. The van der Waals surface area contributed by atoms with E-state index in [9.17, 15) is 23.9 Å². The molecule has 2 N–H and O–H groups in total. The summed E-state index contributed by atoms with van der Waals surface area (Å²) in [5, 5.41) is 11.3. The van der Waals surface area contributed by atoms with Crippen LogP contribution in [0, 0.1) is 19.7 Å². The number of H-pyrrole nitrogens is 1. The summed E-state index contributed by atoms with van der Waals surface area (Å²) in [6, 6.07) is 7.87. The van der Waals surface area contributed by atoms with E-state index in [1.165, 1.54) is 36.3 Å². The molecule has 34 heavy (non-hydrogen) atoms. The molecule has 0 unspecified atom stereocenters. The maximum atomic E-state index is 13.6. The quantitative estimate of drug-likeness (QED) is 0.259. The molecule has 0 spiro atoms. The summed E-state index contributed by atoms with van der Waals surface area (Å²) < 4.78 is 18.4. The van der Waals surface area contributed by atoms with Crippen LogP contribution in [0.1, 0.15) is 44.5 Å². The van der Waals surface area contributed by atoms with Crippen LogP contribution >= 0.6 is 0 Å². The van der Waals surface area contributed by atoms with Crippen molar-refractivity contribution in [1.82, 2.24) is 14.9 Å². The fraction of sp³-hybridized carbons (Fsp3) is 0.200. The molecule has 1 saturated heterocycles. The first-order chi connectivity index (χ1) is 16.2. The Morgan fingerprint density at radius 3 is 2.53 bits per heavy atom. The highest BCUT2D eigenvalue weighted by Gasteiger charge is 2.46. The number of aliphatic hydroxyl groups excluding tert-OH is 1. The second-order valence-electron chi connectivity index (χ2n) is 7.96. The van der Waals surface area contributed by atoms with Crippen LogP contribution in [0.2, 0.25) is 0 Å². The number of aromatic amines is 1. The van der Waals surface area contributed by atoms with Gasteiger partial charge in [0.2, 0.25) is 0 Å². The summed E-state index contributed by atoms with van der Waals surface area (Å²) in [7, 11) is 1.23. The molecule has 3 aromatic rings. The van der Waals surface area contributed by atoms with Gasteiger partial charge in [0.25, 0.3) is 11.7 Å². The number of ketones is 1. The third-order valence-corrected chi connectivity index (χ3v) is 5.87. The summed E-state index contributed by atoms with van der Waals surface area (Å²) in [4.78, 5) is 46.6. The largest absolute Gasteiger partial charge is 0.507 e. The second kappa shape index (κ2) is 8.93. The van der Waals surface area contributed by atoms with E-state index in [2.05, 4.69) is 9.97 Å². The van der Waals surface area contributed by atoms with Crippen LogP contribution in [0.15, 0.2) is 54.4 Å². The molecule has 2 aromatic heterocycles. The number of esters is 1. The number of ether oxygens (including phenoxy) is 1. The molecule has 9 heteroatoms. The monoisotopic (exact) mass is 463 g/mol. The van der Waals surface area contributed by atoms with Crippen molar-refractivity contribution < 1.29 is 28.6 Å². The summed E-state index contributed by atoms with van der Waals surface area (Å²) in [6.45, 7) is 3.28. The highest BCUT2D eigenvalue weighted by Crippen LogP contribution is 2.41. The number of aryl methyl sites for hydroxylation is 1. The number of amides is 1. The van der Waals surface area contributed by atoms with E-state index < -0.39 is 35.3 Å². The summed E-state index contributed by atoms with van der Waals surface area (Å²) in [5.41, 5.74) is 2.13. The Bertz CT molecular complexity index is 1310. The number of benzene rings is 1. The number of aliphatic hydroxyl groups is 1. The lowest BCUT2D eigenvalue weighted by molar-refractivity contribution is -0.140. The van der Waals surface area contributed by atoms with Crippen molar-refractivity contribution in [3.05, 3.63) is 93.8 Å². The maximum absolute atomic E-state index is 13.6. The van der Waals surface area contributed by atoms with Crippen LogP contribution in [0.3, 0.4) is 0 Å². The van der Waals surface area contributed by atoms with Crippen LogP contribution in [0.25, 0.3) is 5.76 Å². The zero-order valence-electron chi connectivity index (χ0n) is 18.8. The van der Waals surface area contributed by atoms with Crippen molar-refractivity contribution in [2.24, 2.45) is 0 Å². The van der Waals surface area contributed by atoms with Crippen molar-refractivity contribution in [3.8, 4) is 0 Å². The van der Waals surface area contributed by atoms with Gasteiger partial charge in [-0.2, -0.15) is 0 Å². The van der Waals surface area contributed by atoms with Crippen molar-refractivity contribution in [1.29, 1.82) is 0 Å². The lowest BCUT2D eigenvalue weighted by Crippen LogP contribution is -2.29. The molecule has 1 aromatic carbocycles. The van der Waals surface area contributed by atoms with E-state index in [1.54, 1.807) is 38.4 Å². The number of halogens is 1. The molecule has 0 radical (unpaired) electrons. The molecule has 4 rings (SSSR count). The zero-order valence-corrected chi connectivity index (χ0v) is 18.8. The average molecular weight is 463 g/mol. The molecule has 1 fully saturated rings. The van der Waals surface area contributed by atoms with Gasteiger partial charge in [0.05, 0.1) is 18.7 Å². The van der Waals surface area contributed by atoms with Gasteiger partial charge in [-0.15, -0.1) is 0 Å². The number of pyridine rings is 1. The van der Waals surface area contributed by atoms with Crippen molar-refractivity contribution in [2.75, 3.05) is 7.11 Å². The van der Waals surface area contributed by atoms with E-state index in [-0.39, 0.29) is 23.4 Å². The first-order valence-corrected chi connectivity index (χ1v) is 10.4. The normalized spacial score (nSPS) is 17.3. The first kappa shape index (κ1) is 22.9. The number of methoxy groups -OCH3 is 1. The van der Waals surface area contributed by atoms with E-state index in [0.717, 1.165) is 0 Å². The van der Waals surface area contributed by atoms with E-state index in [4.69, 9.17) is 4.74 Å². The van der Waals surface area contributed by atoms with Gasteiger partial charge < -0.3 is 19.7 Å². The van der Waals surface area contributed by atoms with Gasteiger partial charge in [-0.25, -0.2) is 9.18 Å². The second-order valence-corrected chi connectivity index (χ2v) is 7.96. The number of carbonyl (C=O) groups excluding carboxylic acids is 3. The van der Waals surface area contributed by atoms with Gasteiger partial charge in [-0.1, -0.05) is 18.2 Å². The first-order valence-electron chi connectivity index (χ1n) is 10.4. The van der Waals surface area contributed by atoms with Crippen LogP contribution in [-0.4, -0.2) is 44.7 Å². The zero-order chi connectivity index (χ0) is 24.6. The fourth-order valence-electron chi connectivity index (χ4n) is 4.27. The summed E-state index contributed by atoms with van der Waals surface area (Å²) >= 11 is 0. The third-order valence-electron chi connectivity index (χ3n) is 5.87. The molecule has 0 aliphatic carbocycles. The minimum absolute atomic E-state index is 0.0513. The van der Waals surface area contributed by atoms with Crippen LogP contribution in [0.4, 0.5) is 4.39 Å². The molecule has 1 aliphatic heterocycles. The minimum atomic E-state index is -0.976. The number of nitrogens with one attached hydrogen (secondary N) is 1. The predicted octanol–water partition coefficient (Wildman–Crippen LogP) is 3.57. The third kappa shape index (κ3) is 3.85. The van der Waals surface area contributed by atoms with E-state index in [1.807, 2.05) is 0 Å². The van der Waals surface area contributed by atoms with E-state index >= 15 is 0 Å². The highest BCUT2D eigenvalue weighted by molar-refractivity contribution is 6.46. The Balaban J connectivity index is 1.91. The number of nitrogens with zero attached hydrogens (tertiary/aromatic N) is 2. The Labute approximate surface area is 194 Å². The standard InChI is InChI=1S/C25H22FN3O5/c1-13-18(14(2)28-20(13)25(33)34-3)22(30)19-21(16-6-8-17(26)9-7-16)29(24(32)23(19)31)12-15-5-4-10-27-11-15/h4-11,21,28,30H,12H2,1-3H3/t21-/m0/s1. The highest BCUT2D eigenvalue weighted by atomic mass is 19.1. The number of likely N-dealkylation sites (tertiary alicyclic amines) is 1. The Morgan fingerprint density at radius 2 is 1.91 bits per heavy atom. The lowest BCUT2D eigenvalue weighted by Gasteiger charge is -2.25. The van der Waals surface area contributed by atoms with Crippen LogP contribution in [-0.2, 0) is 20.9 Å². The van der Waals surface area contributed by atoms with Gasteiger partial charge in [-0.05, 0) is 48.7 Å². The number of hydrogen-bond acceptors (Lipinski definition) is 6. The molecule has 0 saturated carbocycles. The fourth-order valence-corrected chi connectivity index (χ4v) is 4.27. The number of rotatable bonds is 5. The molecule has 3 heterocycles. The molecule has 1 amide bonds. The van der Waals surface area contributed by atoms with Crippen molar-refractivity contribution in [2.45, 2.75) is 26.4 Å². The SMILES string of the molecule is COC(=O)c1[nH]c(C)c(C(O)=C2C(=O)C(=O)N(Cc3cccnc3)[C@H]2c2ccc(F)cc2)c1C. The molecule has 1 aliphatic rings. The van der Waals surface area contributed by atoms with Gasteiger partial charge in [-0.3, -0.25) is 14.6 Å². The molecular weight excluding hydrogens is 441 g/mol. The molecule has 0 bridgehead atoms. The molecular formula is C25H22FN3O5. The smallest absolute Gasteiger partial charge is 0.354 e. The lowest BCUT2D eigenvalue weighted by atomic mass is 9.94. The average Bonchev–Trinajstić information content (AvgIpc) is 3.27. The Morgan fingerprint density at radius 1 is 1.21 bits per heavy atom. The van der Waals surface area contributed by atoms with Crippen molar-refractivity contribution in [3.63, 3.8) is 0 Å². The molecule has 1 atom stereocenters. The van der Waals surface area contributed by atoms with Crippen LogP contribution < -0.4 is 0 Å². The van der Waals surface area contributed by atoms with Gasteiger partial charge in [0.15, 0.2) is 0 Å². The Kier molecular flexibility index (Phi) is 6.02. The van der Waals surface area contributed by atoms with Crippen molar-refractivity contribution >= 4 is 23.4 Å². The topological polar surface area (TPSA) is 113 Å². The van der Waals surface area contributed by atoms with Crippen LogP contribution in [0.5, 0.6) is 0 Å². The van der Waals surface area contributed by atoms with E-state index in [0.29, 0.717) is 22.4 Å². The van der Waals surface area contributed by atoms with Gasteiger partial charge >= 0.3 is 5.97 Å². The van der Waals surface area contributed by atoms with Gasteiger partial charge in [0, 0.05) is 30.2 Å². The summed E-state index contributed by atoms with van der Waals surface area (Å²) in [6.07, 6.45) is 3.16. The maximum Gasteiger partial charge on any atom is 0.354 e. The van der Waals surface area contributed by atoms with Gasteiger partial charge in [0.1, 0.15) is 17.3 Å².